The van der Waals surface area contributed by atoms with Gasteiger partial charge in [0.25, 0.3) is 5.91 Å². The minimum Gasteiger partial charge on any atom is -0.454 e. The number of hydrogen-bond donors (Lipinski definition) is 0. The zero-order valence-electron chi connectivity index (χ0n) is 13.0. The van der Waals surface area contributed by atoms with E-state index in [4.69, 9.17) is 9.15 Å². The van der Waals surface area contributed by atoms with E-state index in [1.807, 2.05) is 29.2 Å². The largest absolute Gasteiger partial charge is 0.454 e. The van der Waals surface area contributed by atoms with E-state index in [0.29, 0.717) is 12.2 Å². The highest BCUT2D eigenvalue weighted by Gasteiger charge is 2.29. The van der Waals surface area contributed by atoms with E-state index in [0.717, 1.165) is 35.7 Å². The first-order chi connectivity index (χ1) is 11.2. The van der Waals surface area contributed by atoms with Gasteiger partial charge in [-0.2, -0.15) is 4.98 Å². The van der Waals surface area contributed by atoms with Crippen molar-refractivity contribution >= 4 is 21.8 Å². The Kier molecular flexibility index (Phi) is 5.00. The van der Waals surface area contributed by atoms with Crippen LogP contribution in [0, 0.1) is 0 Å². The van der Waals surface area contributed by atoms with Gasteiger partial charge in [-0.15, -0.1) is 0 Å². The van der Waals surface area contributed by atoms with Crippen molar-refractivity contribution in [3.63, 3.8) is 0 Å². The number of methoxy groups -OCH3 is 1. The summed E-state index contributed by atoms with van der Waals surface area (Å²) in [6.45, 7) is 0.556. The van der Waals surface area contributed by atoms with Crippen molar-refractivity contribution in [2.75, 3.05) is 7.11 Å². The summed E-state index contributed by atoms with van der Waals surface area (Å²) < 4.78 is 11.1. The molecule has 23 heavy (non-hydrogen) atoms. The molecule has 122 valence electrons. The van der Waals surface area contributed by atoms with Crippen LogP contribution >= 0.6 is 15.9 Å². The highest BCUT2D eigenvalue weighted by atomic mass is 79.9. The molecule has 0 N–H and O–H groups in total. The molecule has 0 saturated heterocycles. The molecule has 3 rings (SSSR count). The number of rotatable bonds is 5. The van der Waals surface area contributed by atoms with Gasteiger partial charge in [0.2, 0.25) is 0 Å². The molecule has 1 aliphatic rings. The molecule has 5 nitrogen and oxygen atoms in total. The van der Waals surface area contributed by atoms with E-state index >= 15 is 0 Å². The van der Waals surface area contributed by atoms with Crippen LogP contribution in [0.3, 0.4) is 0 Å². The van der Waals surface area contributed by atoms with E-state index in [9.17, 15) is 4.79 Å². The number of benzene rings is 1. The molecule has 1 aromatic heterocycles. The Morgan fingerprint density at radius 3 is 2.78 bits per heavy atom. The number of carbonyl (C=O) groups is 1. The molecule has 0 aliphatic heterocycles. The lowest BCUT2D eigenvalue weighted by Crippen LogP contribution is -2.38. The second-order valence-corrected chi connectivity index (χ2v) is 6.52. The Morgan fingerprint density at radius 2 is 2.13 bits per heavy atom. The second kappa shape index (κ2) is 7.17. The summed E-state index contributed by atoms with van der Waals surface area (Å²) >= 11 is 3.56. The number of hydrogen-bond acceptors (Lipinski definition) is 4. The van der Waals surface area contributed by atoms with Crippen LogP contribution in [0.4, 0.5) is 0 Å². The van der Waals surface area contributed by atoms with Crippen molar-refractivity contribution in [3.05, 3.63) is 46.3 Å². The molecular weight excluding hydrogens is 360 g/mol. The van der Waals surface area contributed by atoms with Crippen molar-refractivity contribution in [2.24, 2.45) is 0 Å². The maximum atomic E-state index is 12.9. The second-order valence-electron chi connectivity index (χ2n) is 5.67. The topological polar surface area (TPSA) is 55.6 Å². The summed E-state index contributed by atoms with van der Waals surface area (Å²) in [7, 11) is 1.47. The standard InChI is InChI=1S/C17H19BrN2O3/c1-22-17-19-15(11-23-17)16(21)20(13-7-3-4-8-13)10-12-6-2-5-9-14(12)18/h2,5-6,9,11,13H,3-4,7-8,10H2,1H3. The molecule has 0 radical (unpaired) electrons. The highest BCUT2D eigenvalue weighted by Crippen LogP contribution is 2.28. The summed E-state index contributed by atoms with van der Waals surface area (Å²) in [5.41, 5.74) is 1.38. The van der Waals surface area contributed by atoms with Gasteiger partial charge in [0.15, 0.2) is 5.69 Å². The van der Waals surface area contributed by atoms with Crippen LogP contribution in [0.2, 0.25) is 0 Å². The molecule has 1 amide bonds. The van der Waals surface area contributed by atoms with Gasteiger partial charge in [0.1, 0.15) is 6.26 Å². The van der Waals surface area contributed by atoms with Gasteiger partial charge >= 0.3 is 6.08 Å². The maximum Gasteiger partial charge on any atom is 0.393 e. The van der Waals surface area contributed by atoms with Gasteiger partial charge in [-0.05, 0) is 24.5 Å². The molecule has 0 unspecified atom stereocenters. The molecule has 1 aromatic carbocycles. The summed E-state index contributed by atoms with van der Waals surface area (Å²) in [5.74, 6) is -0.111. The zero-order chi connectivity index (χ0) is 16.2. The molecule has 1 fully saturated rings. The lowest BCUT2D eigenvalue weighted by Gasteiger charge is -2.28. The Balaban J connectivity index is 1.86. The summed E-state index contributed by atoms with van der Waals surface area (Å²) in [6, 6.07) is 8.22. The highest BCUT2D eigenvalue weighted by molar-refractivity contribution is 9.10. The minimum absolute atomic E-state index is 0.111. The Bertz CT molecular complexity index is 680. The van der Waals surface area contributed by atoms with Crippen molar-refractivity contribution in [2.45, 2.75) is 38.3 Å². The number of halogens is 1. The summed E-state index contributed by atoms with van der Waals surface area (Å²) in [4.78, 5) is 18.9. The van der Waals surface area contributed by atoms with Gasteiger partial charge in [-0.25, -0.2) is 0 Å². The van der Waals surface area contributed by atoms with E-state index in [-0.39, 0.29) is 18.0 Å². The molecule has 2 aromatic rings. The quantitative estimate of drug-likeness (QED) is 0.787. The fourth-order valence-corrected chi connectivity index (χ4v) is 3.40. The Hall–Kier alpha value is -1.82. The van der Waals surface area contributed by atoms with E-state index in [1.54, 1.807) is 0 Å². The lowest BCUT2D eigenvalue weighted by molar-refractivity contribution is 0.0657. The molecule has 1 saturated carbocycles. The van der Waals surface area contributed by atoms with Crippen LogP contribution < -0.4 is 4.74 Å². The third-order valence-corrected chi connectivity index (χ3v) is 4.98. The average molecular weight is 379 g/mol. The smallest absolute Gasteiger partial charge is 0.393 e. The number of nitrogens with zero attached hydrogens (tertiary/aromatic N) is 2. The summed E-state index contributed by atoms with van der Waals surface area (Å²) in [5, 5.41) is 0. The van der Waals surface area contributed by atoms with E-state index in [2.05, 4.69) is 20.9 Å². The van der Waals surface area contributed by atoms with E-state index in [1.165, 1.54) is 13.4 Å². The molecule has 6 heteroatoms. The number of amides is 1. The predicted octanol–water partition coefficient (Wildman–Crippen LogP) is 4.03. The van der Waals surface area contributed by atoms with Crippen LogP contribution in [0.15, 0.2) is 39.4 Å². The lowest BCUT2D eigenvalue weighted by atomic mass is 10.1. The first kappa shape index (κ1) is 16.1. The Labute approximate surface area is 143 Å². The summed E-state index contributed by atoms with van der Waals surface area (Å²) in [6.07, 6.45) is 5.86. The van der Waals surface area contributed by atoms with Gasteiger partial charge in [0, 0.05) is 17.1 Å². The van der Waals surface area contributed by atoms with Crippen molar-refractivity contribution in [3.8, 4) is 6.08 Å². The molecule has 0 bridgehead atoms. The monoisotopic (exact) mass is 378 g/mol. The number of ether oxygens (including phenoxy) is 1. The van der Waals surface area contributed by atoms with E-state index < -0.39 is 0 Å². The molecule has 1 aliphatic carbocycles. The van der Waals surface area contributed by atoms with Gasteiger partial charge < -0.3 is 14.1 Å². The van der Waals surface area contributed by atoms with Crippen LogP contribution in [0.5, 0.6) is 6.08 Å². The van der Waals surface area contributed by atoms with Crippen molar-refractivity contribution in [1.29, 1.82) is 0 Å². The zero-order valence-corrected chi connectivity index (χ0v) is 14.6. The first-order valence-corrected chi connectivity index (χ1v) is 8.52. The van der Waals surface area contributed by atoms with Crippen LogP contribution in [0.1, 0.15) is 41.7 Å². The molecule has 0 spiro atoms. The van der Waals surface area contributed by atoms with Crippen LogP contribution in [-0.2, 0) is 6.54 Å². The van der Waals surface area contributed by atoms with Gasteiger partial charge in [-0.1, -0.05) is 47.0 Å². The predicted molar refractivity (Wildman–Crippen MR) is 89.3 cm³/mol. The molecular formula is C17H19BrN2O3. The van der Waals surface area contributed by atoms with Gasteiger partial charge in [0.05, 0.1) is 7.11 Å². The first-order valence-electron chi connectivity index (χ1n) is 7.73. The molecule has 0 atom stereocenters. The normalized spacial score (nSPS) is 14.9. The van der Waals surface area contributed by atoms with Gasteiger partial charge in [-0.3, -0.25) is 4.79 Å². The Morgan fingerprint density at radius 1 is 1.39 bits per heavy atom. The SMILES string of the molecule is COc1nc(C(=O)N(Cc2ccccc2Br)C2CCCC2)co1. The van der Waals surface area contributed by atoms with Crippen LogP contribution in [0.25, 0.3) is 0 Å². The fourth-order valence-electron chi connectivity index (χ4n) is 2.99. The third-order valence-electron chi connectivity index (χ3n) is 4.20. The van der Waals surface area contributed by atoms with Crippen molar-refractivity contribution in [1.82, 2.24) is 9.88 Å². The number of carbonyl (C=O) groups excluding carboxylic acids is 1. The number of oxazole rings is 1. The van der Waals surface area contributed by atoms with Crippen LogP contribution in [-0.4, -0.2) is 28.9 Å². The average Bonchev–Trinajstić information content (AvgIpc) is 3.25. The third kappa shape index (κ3) is 3.58. The maximum absolute atomic E-state index is 12.9. The number of aromatic nitrogens is 1. The fraction of sp³-hybridized carbons (Fsp3) is 0.412. The molecule has 1 heterocycles. The minimum atomic E-state index is -0.111. The van der Waals surface area contributed by atoms with Crippen molar-refractivity contribution < 1.29 is 13.9 Å².